The zero-order valence-corrected chi connectivity index (χ0v) is 14.1. The summed E-state index contributed by atoms with van der Waals surface area (Å²) in [7, 11) is -0.756. The van der Waals surface area contributed by atoms with E-state index in [0.717, 1.165) is 16.2 Å². The minimum atomic E-state index is -0.756. The van der Waals surface area contributed by atoms with Crippen LogP contribution in [0.4, 0.5) is 0 Å². The van der Waals surface area contributed by atoms with Crippen molar-refractivity contribution in [2.45, 2.75) is 18.7 Å². The predicted octanol–water partition coefficient (Wildman–Crippen LogP) is 2.95. The van der Waals surface area contributed by atoms with Gasteiger partial charge in [-0.3, -0.25) is 9.00 Å². The average Bonchev–Trinajstić information content (AvgIpc) is 2.47. The topological polar surface area (TPSA) is 37.4 Å². The fourth-order valence-electron chi connectivity index (χ4n) is 2.08. The Balaban J connectivity index is 2.09. The number of carbonyl (C=O) groups excluding carboxylic acids is 1. The van der Waals surface area contributed by atoms with Gasteiger partial charge in [-0.25, -0.2) is 0 Å². The highest BCUT2D eigenvalue weighted by Crippen LogP contribution is 2.24. The molecule has 2 rings (SSSR count). The lowest BCUT2D eigenvalue weighted by molar-refractivity contribution is 0.0768. The lowest BCUT2D eigenvalue weighted by Gasteiger charge is -2.27. The molecule has 0 aromatic heterocycles. The van der Waals surface area contributed by atoms with Gasteiger partial charge in [0.05, 0.1) is 5.56 Å². The molecule has 0 radical (unpaired) electrons. The maximum Gasteiger partial charge on any atom is 0.255 e. The van der Waals surface area contributed by atoms with Crippen LogP contribution < -0.4 is 0 Å². The molecule has 0 atom stereocenters. The minimum absolute atomic E-state index is 0.0620. The molecular formula is C16H21NO2S2. The van der Waals surface area contributed by atoms with E-state index in [-0.39, 0.29) is 5.91 Å². The number of hydrogen-bond donors (Lipinski definition) is 0. The first-order chi connectivity index (χ1) is 10.1. The van der Waals surface area contributed by atoms with Crippen molar-refractivity contribution in [3.05, 3.63) is 41.5 Å². The summed E-state index contributed by atoms with van der Waals surface area (Å²) >= 11 is 1.68. The minimum Gasteiger partial charge on any atom is -0.337 e. The number of allylic oxidation sites excluding steroid dienone is 1. The summed E-state index contributed by atoms with van der Waals surface area (Å²) in [4.78, 5) is 15.5. The van der Waals surface area contributed by atoms with Crippen LogP contribution in [-0.4, -0.2) is 45.4 Å². The van der Waals surface area contributed by atoms with Crippen molar-refractivity contribution in [1.29, 1.82) is 0 Å². The molecule has 1 saturated heterocycles. The lowest BCUT2D eigenvalue weighted by Crippen LogP contribution is -2.41. The third kappa shape index (κ3) is 4.71. The molecule has 1 fully saturated rings. The Morgan fingerprint density at radius 1 is 1.29 bits per heavy atom. The van der Waals surface area contributed by atoms with Gasteiger partial charge in [0, 0.05) is 46.0 Å². The molecule has 1 aromatic carbocycles. The number of amides is 1. The molecular weight excluding hydrogens is 302 g/mol. The van der Waals surface area contributed by atoms with E-state index in [0.29, 0.717) is 24.6 Å². The SMILES string of the molecule is CC(C)=CCSc1ccccc1C(=O)N1CCS(=O)CC1. The molecule has 0 unspecified atom stereocenters. The van der Waals surface area contributed by atoms with Crippen LogP contribution in [-0.2, 0) is 10.8 Å². The largest absolute Gasteiger partial charge is 0.337 e. The van der Waals surface area contributed by atoms with E-state index in [9.17, 15) is 9.00 Å². The fourth-order valence-corrected chi connectivity index (χ4v) is 4.21. The second-order valence-corrected chi connectivity index (χ2v) is 7.99. The zero-order chi connectivity index (χ0) is 15.2. The van der Waals surface area contributed by atoms with Crippen LogP contribution in [0.15, 0.2) is 40.8 Å². The number of rotatable bonds is 4. The van der Waals surface area contributed by atoms with Crippen LogP contribution in [0.25, 0.3) is 0 Å². The summed E-state index contributed by atoms with van der Waals surface area (Å²) < 4.78 is 11.4. The average molecular weight is 323 g/mol. The van der Waals surface area contributed by atoms with Crippen LogP contribution in [0.5, 0.6) is 0 Å². The Kier molecular flexibility index (Phi) is 6.06. The Hall–Kier alpha value is -1.07. The lowest BCUT2D eigenvalue weighted by atomic mass is 10.2. The summed E-state index contributed by atoms with van der Waals surface area (Å²) in [5, 5.41) is 0. The van der Waals surface area contributed by atoms with Gasteiger partial charge in [0.2, 0.25) is 0 Å². The second kappa shape index (κ2) is 7.80. The number of benzene rings is 1. The van der Waals surface area contributed by atoms with Gasteiger partial charge in [-0.15, -0.1) is 11.8 Å². The molecule has 1 amide bonds. The van der Waals surface area contributed by atoms with E-state index in [4.69, 9.17) is 0 Å². The zero-order valence-electron chi connectivity index (χ0n) is 12.5. The monoisotopic (exact) mass is 323 g/mol. The van der Waals surface area contributed by atoms with E-state index >= 15 is 0 Å². The van der Waals surface area contributed by atoms with E-state index in [1.54, 1.807) is 11.8 Å². The molecule has 114 valence electrons. The number of nitrogens with zero attached hydrogens (tertiary/aromatic N) is 1. The molecule has 0 saturated carbocycles. The molecule has 5 heteroatoms. The smallest absolute Gasteiger partial charge is 0.255 e. The fraction of sp³-hybridized carbons (Fsp3) is 0.438. The molecule has 1 aliphatic rings. The van der Waals surface area contributed by atoms with Crippen LogP contribution >= 0.6 is 11.8 Å². The maximum absolute atomic E-state index is 12.6. The van der Waals surface area contributed by atoms with Crippen molar-refractivity contribution in [2.75, 3.05) is 30.3 Å². The molecule has 0 spiro atoms. The first-order valence-electron chi connectivity index (χ1n) is 7.07. The molecule has 3 nitrogen and oxygen atoms in total. The summed E-state index contributed by atoms with van der Waals surface area (Å²) in [6, 6.07) is 7.75. The van der Waals surface area contributed by atoms with Gasteiger partial charge >= 0.3 is 0 Å². The van der Waals surface area contributed by atoms with Crippen LogP contribution in [0.2, 0.25) is 0 Å². The quantitative estimate of drug-likeness (QED) is 0.631. The third-order valence-corrected chi connectivity index (χ3v) is 5.59. The molecule has 0 N–H and O–H groups in total. The van der Waals surface area contributed by atoms with Gasteiger partial charge in [-0.05, 0) is 26.0 Å². The first-order valence-corrected chi connectivity index (χ1v) is 9.54. The molecule has 21 heavy (non-hydrogen) atoms. The summed E-state index contributed by atoms with van der Waals surface area (Å²) in [6.45, 7) is 5.34. The number of carbonyl (C=O) groups is 1. The van der Waals surface area contributed by atoms with Gasteiger partial charge in [0.1, 0.15) is 0 Å². The highest BCUT2D eigenvalue weighted by Gasteiger charge is 2.22. The first kappa shape index (κ1) is 16.3. The predicted molar refractivity (Wildman–Crippen MR) is 90.4 cm³/mol. The highest BCUT2D eigenvalue weighted by molar-refractivity contribution is 7.99. The standard InChI is InChI=1S/C16H21NO2S2/c1-13(2)7-10-20-15-6-4-3-5-14(15)16(18)17-8-11-21(19)12-9-17/h3-7H,8-12H2,1-2H3. The van der Waals surface area contributed by atoms with Crippen molar-refractivity contribution in [3.8, 4) is 0 Å². The highest BCUT2D eigenvalue weighted by atomic mass is 32.2. The van der Waals surface area contributed by atoms with Crippen molar-refractivity contribution < 1.29 is 9.00 Å². The van der Waals surface area contributed by atoms with Gasteiger partial charge in [-0.1, -0.05) is 23.8 Å². The van der Waals surface area contributed by atoms with E-state index in [2.05, 4.69) is 19.9 Å². The van der Waals surface area contributed by atoms with Crippen LogP contribution in [0.1, 0.15) is 24.2 Å². The normalized spacial score (nSPS) is 15.8. The van der Waals surface area contributed by atoms with Gasteiger partial charge in [0.15, 0.2) is 0 Å². The van der Waals surface area contributed by atoms with Gasteiger partial charge in [-0.2, -0.15) is 0 Å². The molecule has 1 heterocycles. The van der Waals surface area contributed by atoms with Crippen molar-refractivity contribution in [2.24, 2.45) is 0 Å². The molecule has 1 aromatic rings. The summed E-state index contributed by atoms with van der Waals surface area (Å²) in [5.41, 5.74) is 2.04. The third-order valence-electron chi connectivity index (χ3n) is 3.31. The van der Waals surface area contributed by atoms with E-state index < -0.39 is 10.8 Å². The Morgan fingerprint density at radius 3 is 2.62 bits per heavy atom. The van der Waals surface area contributed by atoms with E-state index in [1.165, 1.54) is 5.57 Å². The maximum atomic E-state index is 12.6. The van der Waals surface area contributed by atoms with Gasteiger partial charge < -0.3 is 4.90 Å². The van der Waals surface area contributed by atoms with Crippen LogP contribution in [0, 0.1) is 0 Å². The number of thioether (sulfide) groups is 1. The Morgan fingerprint density at radius 2 is 1.95 bits per heavy atom. The molecule has 0 aliphatic carbocycles. The van der Waals surface area contributed by atoms with Crippen LogP contribution in [0.3, 0.4) is 0 Å². The molecule has 1 aliphatic heterocycles. The Labute approximate surface area is 133 Å². The van der Waals surface area contributed by atoms with Crippen molar-refractivity contribution in [3.63, 3.8) is 0 Å². The Bertz CT molecular complexity index is 555. The second-order valence-electron chi connectivity index (χ2n) is 5.23. The summed E-state index contributed by atoms with van der Waals surface area (Å²) in [5.74, 6) is 2.13. The van der Waals surface area contributed by atoms with Crippen molar-refractivity contribution in [1.82, 2.24) is 4.90 Å². The number of hydrogen-bond acceptors (Lipinski definition) is 3. The van der Waals surface area contributed by atoms with Crippen molar-refractivity contribution >= 4 is 28.5 Å². The summed E-state index contributed by atoms with van der Waals surface area (Å²) in [6.07, 6.45) is 2.16. The molecule has 0 bridgehead atoms. The van der Waals surface area contributed by atoms with Gasteiger partial charge in [0.25, 0.3) is 5.91 Å². The van der Waals surface area contributed by atoms with E-state index in [1.807, 2.05) is 29.2 Å².